The molecular weight excluding hydrogens is 249 g/mol. The van der Waals surface area contributed by atoms with Crippen LogP contribution in [0.25, 0.3) is 10.8 Å². The summed E-state index contributed by atoms with van der Waals surface area (Å²) in [5, 5.41) is 5.15. The molecule has 0 saturated heterocycles. The van der Waals surface area contributed by atoms with Crippen molar-refractivity contribution in [3.8, 4) is 12.3 Å². The summed E-state index contributed by atoms with van der Waals surface area (Å²) in [5.74, 6) is 2.51. The predicted molar refractivity (Wildman–Crippen MR) is 83.0 cm³/mol. The monoisotopic (exact) mass is 269 g/mol. The normalized spacial score (nSPS) is 12.2. The van der Waals surface area contributed by atoms with E-state index in [0.717, 1.165) is 36.8 Å². The number of hydrogen-bond acceptors (Lipinski definition) is 1. The molecule has 1 N–H and O–H groups in total. The van der Waals surface area contributed by atoms with Crippen LogP contribution in [0.15, 0.2) is 36.4 Å². The average molecular weight is 269 g/mol. The number of hydrogen-bond donors (Lipinski definition) is 1. The van der Waals surface area contributed by atoms with Crippen molar-refractivity contribution in [3.63, 3.8) is 0 Å². The molecule has 0 fully saturated rings. The van der Waals surface area contributed by atoms with Crippen molar-refractivity contribution in [3.05, 3.63) is 47.8 Å². The van der Waals surface area contributed by atoms with Gasteiger partial charge in [-0.15, -0.1) is 12.3 Å². The largest absolute Gasteiger partial charge is 0.310 e. The molecule has 0 saturated carbocycles. The van der Waals surface area contributed by atoms with Crippen molar-refractivity contribution in [2.24, 2.45) is 0 Å². The minimum Gasteiger partial charge on any atom is -0.310 e. The van der Waals surface area contributed by atoms with Crippen molar-refractivity contribution in [1.82, 2.24) is 5.32 Å². The lowest BCUT2D eigenvalue weighted by Gasteiger charge is -2.20. The van der Waals surface area contributed by atoms with Crippen LogP contribution in [-0.4, -0.2) is 6.54 Å². The van der Waals surface area contributed by atoms with Crippen molar-refractivity contribution < 1.29 is 4.39 Å². The first kappa shape index (κ1) is 14.6. The van der Waals surface area contributed by atoms with Crippen molar-refractivity contribution in [2.45, 2.75) is 32.2 Å². The van der Waals surface area contributed by atoms with Crippen LogP contribution in [0.2, 0.25) is 0 Å². The molecular formula is C18H20FN. The molecule has 1 atom stereocenters. The summed E-state index contributed by atoms with van der Waals surface area (Å²) in [4.78, 5) is 0. The molecule has 0 heterocycles. The van der Waals surface area contributed by atoms with Gasteiger partial charge >= 0.3 is 0 Å². The van der Waals surface area contributed by atoms with Crippen LogP contribution in [0.4, 0.5) is 4.39 Å². The van der Waals surface area contributed by atoms with Gasteiger partial charge in [0.05, 0.1) is 0 Å². The minimum atomic E-state index is -0.164. The van der Waals surface area contributed by atoms with Gasteiger partial charge in [0.25, 0.3) is 0 Å². The Labute approximate surface area is 120 Å². The van der Waals surface area contributed by atoms with E-state index in [0.29, 0.717) is 5.39 Å². The molecule has 2 rings (SSSR count). The van der Waals surface area contributed by atoms with E-state index in [2.05, 4.69) is 18.2 Å². The molecule has 0 radical (unpaired) electrons. The third-order valence-electron chi connectivity index (χ3n) is 3.54. The highest BCUT2D eigenvalue weighted by atomic mass is 19.1. The Kier molecular flexibility index (Phi) is 5.15. The standard InChI is InChI=1S/C18H20FN/c1-3-5-6-11-18(20-4-2)16-12-13-17(19)15-10-8-7-9-14(15)16/h1,7-10,12-13,18,20H,4-6,11H2,2H3. The van der Waals surface area contributed by atoms with Gasteiger partial charge in [-0.05, 0) is 36.4 Å². The lowest BCUT2D eigenvalue weighted by Crippen LogP contribution is -2.21. The maximum atomic E-state index is 13.9. The Morgan fingerprint density at radius 2 is 1.95 bits per heavy atom. The minimum absolute atomic E-state index is 0.164. The number of nitrogens with one attached hydrogen (secondary N) is 1. The van der Waals surface area contributed by atoms with Gasteiger partial charge in [-0.3, -0.25) is 0 Å². The smallest absolute Gasteiger partial charge is 0.131 e. The molecule has 0 amide bonds. The molecule has 0 aliphatic carbocycles. The highest BCUT2D eigenvalue weighted by molar-refractivity contribution is 5.86. The van der Waals surface area contributed by atoms with Gasteiger partial charge < -0.3 is 5.32 Å². The molecule has 104 valence electrons. The summed E-state index contributed by atoms with van der Waals surface area (Å²) < 4.78 is 13.9. The Hall–Kier alpha value is -1.85. The van der Waals surface area contributed by atoms with E-state index in [4.69, 9.17) is 6.42 Å². The van der Waals surface area contributed by atoms with Crippen molar-refractivity contribution >= 4 is 10.8 Å². The van der Waals surface area contributed by atoms with E-state index < -0.39 is 0 Å². The SMILES string of the molecule is C#CCCCC(NCC)c1ccc(F)c2ccccc12. The molecule has 0 bridgehead atoms. The van der Waals surface area contributed by atoms with Gasteiger partial charge in [-0.2, -0.15) is 0 Å². The number of terminal acetylenes is 1. The molecule has 0 aliphatic rings. The Morgan fingerprint density at radius 1 is 1.20 bits per heavy atom. The van der Waals surface area contributed by atoms with E-state index >= 15 is 0 Å². The zero-order chi connectivity index (χ0) is 14.4. The third-order valence-corrected chi connectivity index (χ3v) is 3.54. The van der Waals surface area contributed by atoms with Crippen LogP contribution in [0, 0.1) is 18.2 Å². The van der Waals surface area contributed by atoms with Crippen LogP contribution in [-0.2, 0) is 0 Å². The number of benzene rings is 2. The second-order valence-electron chi connectivity index (χ2n) is 4.89. The van der Waals surface area contributed by atoms with Crippen LogP contribution in [0.5, 0.6) is 0 Å². The van der Waals surface area contributed by atoms with Gasteiger partial charge in [0.15, 0.2) is 0 Å². The van der Waals surface area contributed by atoms with Crippen molar-refractivity contribution in [1.29, 1.82) is 0 Å². The molecule has 2 aromatic carbocycles. The summed E-state index contributed by atoms with van der Waals surface area (Å²) in [6.45, 7) is 2.96. The van der Waals surface area contributed by atoms with Crippen LogP contribution in [0.3, 0.4) is 0 Å². The molecule has 20 heavy (non-hydrogen) atoms. The summed E-state index contributed by atoms with van der Waals surface area (Å²) >= 11 is 0. The number of fused-ring (bicyclic) bond motifs is 1. The Bertz CT molecular complexity index is 612. The number of halogens is 1. The molecule has 0 aliphatic heterocycles. The fraction of sp³-hybridized carbons (Fsp3) is 0.333. The maximum absolute atomic E-state index is 13.9. The molecule has 1 unspecified atom stereocenters. The van der Waals surface area contributed by atoms with E-state index in [9.17, 15) is 4.39 Å². The fourth-order valence-corrected chi connectivity index (χ4v) is 2.61. The Morgan fingerprint density at radius 3 is 2.65 bits per heavy atom. The second-order valence-corrected chi connectivity index (χ2v) is 4.89. The van der Waals surface area contributed by atoms with Gasteiger partial charge in [0.1, 0.15) is 5.82 Å². The van der Waals surface area contributed by atoms with Gasteiger partial charge in [0, 0.05) is 17.8 Å². The molecule has 1 nitrogen and oxygen atoms in total. The topological polar surface area (TPSA) is 12.0 Å². The van der Waals surface area contributed by atoms with Gasteiger partial charge in [-0.25, -0.2) is 4.39 Å². The zero-order valence-corrected chi connectivity index (χ0v) is 11.8. The second kappa shape index (κ2) is 7.07. The lowest BCUT2D eigenvalue weighted by atomic mass is 9.95. The zero-order valence-electron chi connectivity index (χ0n) is 11.8. The molecule has 2 aromatic rings. The van der Waals surface area contributed by atoms with Gasteiger partial charge in [-0.1, -0.05) is 37.3 Å². The molecule has 0 spiro atoms. The summed E-state index contributed by atoms with van der Waals surface area (Å²) in [5.41, 5.74) is 1.15. The van der Waals surface area contributed by atoms with E-state index in [1.54, 1.807) is 6.07 Å². The van der Waals surface area contributed by atoms with E-state index in [1.165, 1.54) is 0 Å². The summed E-state index contributed by atoms with van der Waals surface area (Å²) in [6.07, 6.45) is 8.03. The highest BCUT2D eigenvalue weighted by Crippen LogP contribution is 2.29. The van der Waals surface area contributed by atoms with E-state index in [1.807, 2.05) is 30.3 Å². The van der Waals surface area contributed by atoms with Crippen LogP contribution in [0.1, 0.15) is 37.8 Å². The first-order valence-corrected chi connectivity index (χ1v) is 7.12. The van der Waals surface area contributed by atoms with E-state index in [-0.39, 0.29) is 11.9 Å². The summed E-state index contributed by atoms with van der Waals surface area (Å²) in [7, 11) is 0. The third kappa shape index (κ3) is 3.18. The molecule has 2 heteroatoms. The van der Waals surface area contributed by atoms with Crippen molar-refractivity contribution in [2.75, 3.05) is 6.54 Å². The van der Waals surface area contributed by atoms with Crippen LogP contribution < -0.4 is 5.32 Å². The quantitative estimate of drug-likeness (QED) is 0.604. The highest BCUT2D eigenvalue weighted by Gasteiger charge is 2.14. The average Bonchev–Trinajstić information content (AvgIpc) is 2.48. The number of unbranched alkanes of at least 4 members (excludes halogenated alkanes) is 1. The first-order valence-electron chi connectivity index (χ1n) is 7.12. The summed E-state index contributed by atoms with van der Waals surface area (Å²) in [6, 6.07) is 11.3. The maximum Gasteiger partial charge on any atom is 0.131 e. The lowest BCUT2D eigenvalue weighted by molar-refractivity contribution is 0.504. The van der Waals surface area contributed by atoms with Crippen LogP contribution >= 0.6 is 0 Å². The Balaban J connectivity index is 2.37. The fourth-order valence-electron chi connectivity index (χ4n) is 2.61. The predicted octanol–water partition coefficient (Wildman–Crippen LogP) is 4.43. The van der Waals surface area contributed by atoms with Gasteiger partial charge in [0.2, 0.25) is 0 Å². The number of rotatable bonds is 6. The first-order chi connectivity index (χ1) is 9.77. The molecule has 0 aromatic heterocycles.